The fourth-order valence-electron chi connectivity index (χ4n) is 2.23. The molecule has 0 aromatic heterocycles. The first kappa shape index (κ1) is 20.2. The van der Waals surface area contributed by atoms with E-state index in [9.17, 15) is 9.50 Å². The summed E-state index contributed by atoms with van der Waals surface area (Å²) in [6.07, 6.45) is 0. The maximum absolute atomic E-state index is 13.0. The summed E-state index contributed by atoms with van der Waals surface area (Å²) < 4.78 is 13.0. The number of phenolic OH excluding ortho intramolecular Hbond substituents is 1. The summed E-state index contributed by atoms with van der Waals surface area (Å²) >= 11 is 0. The molecule has 130 valence electrons. The molecule has 0 atom stereocenters. The molecule has 2 N–H and O–H groups in total. The van der Waals surface area contributed by atoms with Crippen LogP contribution in [0.5, 0.6) is 5.75 Å². The minimum absolute atomic E-state index is 0. The van der Waals surface area contributed by atoms with Crippen LogP contribution in [-0.2, 0) is 13.1 Å². The van der Waals surface area contributed by atoms with Crippen LogP contribution in [0.3, 0.4) is 0 Å². The van der Waals surface area contributed by atoms with Crippen LogP contribution in [0.1, 0.15) is 18.1 Å². The second kappa shape index (κ2) is 10.1. The van der Waals surface area contributed by atoms with Gasteiger partial charge in [-0.15, -0.1) is 24.0 Å². The number of hydrogen-bond acceptors (Lipinski definition) is 2. The Morgan fingerprint density at radius 1 is 1.17 bits per heavy atom. The van der Waals surface area contributed by atoms with Gasteiger partial charge in [-0.25, -0.2) is 9.38 Å². The Labute approximate surface area is 159 Å². The average molecular weight is 443 g/mol. The standard InChI is InChI=1S/C18H22FN3O.HI/c1-3-20-18(21-12-15-5-4-6-17(23)11-15)22(2)13-14-7-9-16(19)10-8-14;/h4-11,23H,3,12-13H2,1-2H3,(H,20,21);1H. The zero-order chi connectivity index (χ0) is 16.7. The van der Waals surface area contributed by atoms with Gasteiger partial charge in [-0.1, -0.05) is 24.3 Å². The molecule has 0 heterocycles. The summed E-state index contributed by atoms with van der Waals surface area (Å²) in [4.78, 5) is 6.57. The van der Waals surface area contributed by atoms with Gasteiger partial charge in [0.25, 0.3) is 0 Å². The summed E-state index contributed by atoms with van der Waals surface area (Å²) in [5, 5.41) is 12.7. The van der Waals surface area contributed by atoms with Crippen molar-refractivity contribution >= 4 is 29.9 Å². The van der Waals surface area contributed by atoms with Crippen LogP contribution >= 0.6 is 24.0 Å². The molecule has 2 aromatic carbocycles. The first-order valence-electron chi connectivity index (χ1n) is 7.60. The molecule has 0 fully saturated rings. The van der Waals surface area contributed by atoms with Crippen molar-refractivity contribution in [3.8, 4) is 5.75 Å². The van der Waals surface area contributed by atoms with E-state index in [2.05, 4.69) is 10.3 Å². The number of guanidine groups is 1. The van der Waals surface area contributed by atoms with E-state index < -0.39 is 0 Å². The zero-order valence-corrected chi connectivity index (χ0v) is 16.2. The Balaban J connectivity index is 0.00000288. The van der Waals surface area contributed by atoms with Gasteiger partial charge in [-0.05, 0) is 42.3 Å². The molecule has 2 aromatic rings. The number of aliphatic imine (C=N–C) groups is 1. The van der Waals surface area contributed by atoms with Crippen LogP contribution in [0.2, 0.25) is 0 Å². The van der Waals surface area contributed by atoms with Gasteiger partial charge in [-0.2, -0.15) is 0 Å². The van der Waals surface area contributed by atoms with Crippen molar-refractivity contribution < 1.29 is 9.50 Å². The Morgan fingerprint density at radius 3 is 2.50 bits per heavy atom. The van der Waals surface area contributed by atoms with Crippen molar-refractivity contribution in [1.82, 2.24) is 10.2 Å². The van der Waals surface area contributed by atoms with Gasteiger partial charge in [0.05, 0.1) is 6.54 Å². The summed E-state index contributed by atoms with van der Waals surface area (Å²) in [5.41, 5.74) is 1.95. The van der Waals surface area contributed by atoms with Crippen molar-refractivity contribution in [1.29, 1.82) is 0 Å². The van der Waals surface area contributed by atoms with Crippen molar-refractivity contribution in [2.45, 2.75) is 20.0 Å². The minimum atomic E-state index is -0.235. The van der Waals surface area contributed by atoms with Gasteiger partial charge >= 0.3 is 0 Å². The number of halogens is 2. The van der Waals surface area contributed by atoms with E-state index in [4.69, 9.17) is 0 Å². The predicted octanol–water partition coefficient (Wildman–Crippen LogP) is 3.75. The molecule has 0 spiro atoms. The Morgan fingerprint density at radius 2 is 1.88 bits per heavy atom. The lowest BCUT2D eigenvalue weighted by Gasteiger charge is -2.22. The number of hydrogen-bond donors (Lipinski definition) is 2. The number of aromatic hydroxyl groups is 1. The van der Waals surface area contributed by atoms with E-state index in [1.165, 1.54) is 12.1 Å². The maximum atomic E-state index is 13.0. The summed E-state index contributed by atoms with van der Waals surface area (Å²) in [6, 6.07) is 13.5. The van der Waals surface area contributed by atoms with E-state index >= 15 is 0 Å². The van der Waals surface area contributed by atoms with Crippen molar-refractivity contribution in [3.05, 3.63) is 65.5 Å². The lowest BCUT2D eigenvalue weighted by atomic mass is 10.2. The quantitative estimate of drug-likeness (QED) is 0.421. The molecule has 0 saturated heterocycles. The minimum Gasteiger partial charge on any atom is -0.508 e. The van der Waals surface area contributed by atoms with Gasteiger partial charge in [0.2, 0.25) is 0 Å². The summed E-state index contributed by atoms with van der Waals surface area (Å²) in [6.45, 7) is 3.87. The Bertz CT molecular complexity index is 662. The fraction of sp³-hybridized carbons (Fsp3) is 0.278. The van der Waals surface area contributed by atoms with E-state index in [-0.39, 0.29) is 35.5 Å². The first-order valence-corrected chi connectivity index (χ1v) is 7.60. The molecular weight excluding hydrogens is 420 g/mol. The molecule has 0 aliphatic heterocycles. The maximum Gasteiger partial charge on any atom is 0.194 e. The topological polar surface area (TPSA) is 47.9 Å². The fourth-order valence-corrected chi connectivity index (χ4v) is 2.23. The lowest BCUT2D eigenvalue weighted by molar-refractivity contribution is 0.473. The molecule has 0 saturated carbocycles. The number of nitrogens with zero attached hydrogens (tertiary/aromatic N) is 2. The van der Waals surface area contributed by atoms with Gasteiger partial charge in [-0.3, -0.25) is 0 Å². The molecule has 0 unspecified atom stereocenters. The van der Waals surface area contributed by atoms with Gasteiger partial charge in [0.15, 0.2) is 5.96 Å². The lowest BCUT2D eigenvalue weighted by Crippen LogP contribution is -2.38. The summed E-state index contributed by atoms with van der Waals surface area (Å²) in [7, 11) is 1.94. The molecule has 0 bridgehead atoms. The molecule has 4 nitrogen and oxygen atoms in total. The highest BCUT2D eigenvalue weighted by Crippen LogP contribution is 2.12. The van der Waals surface area contributed by atoms with Crippen LogP contribution in [0, 0.1) is 5.82 Å². The molecule has 0 radical (unpaired) electrons. The SMILES string of the molecule is CCNC(=NCc1cccc(O)c1)N(C)Cc1ccc(F)cc1.I. The highest BCUT2D eigenvalue weighted by atomic mass is 127. The van der Waals surface area contributed by atoms with Crippen molar-refractivity contribution in [3.63, 3.8) is 0 Å². The smallest absolute Gasteiger partial charge is 0.194 e. The van der Waals surface area contributed by atoms with E-state index in [1.807, 2.05) is 24.9 Å². The Kier molecular flexibility index (Phi) is 8.53. The third kappa shape index (κ3) is 6.35. The van der Waals surface area contributed by atoms with E-state index in [1.54, 1.807) is 30.3 Å². The average Bonchev–Trinajstić information content (AvgIpc) is 2.53. The van der Waals surface area contributed by atoms with Crippen LogP contribution in [0.4, 0.5) is 4.39 Å². The first-order chi connectivity index (χ1) is 11.1. The van der Waals surface area contributed by atoms with Crippen LogP contribution in [-0.4, -0.2) is 29.6 Å². The number of nitrogens with one attached hydrogen (secondary N) is 1. The molecular formula is C18H23FIN3O. The highest BCUT2D eigenvalue weighted by Gasteiger charge is 2.07. The highest BCUT2D eigenvalue weighted by molar-refractivity contribution is 14.0. The van der Waals surface area contributed by atoms with Crippen molar-refractivity contribution in [2.75, 3.05) is 13.6 Å². The van der Waals surface area contributed by atoms with E-state index in [0.29, 0.717) is 13.1 Å². The van der Waals surface area contributed by atoms with Crippen LogP contribution in [0.25, 0.3) is 0 Å². The normalized spacial score (nSPS) is 10.9. The second-order valence-corrected chi connectivity index (χ2v) is 5.32. The molecule has 6 heteroatoms. The van der Waals surface area contributed by atoms with Gasteiger partial charge in [0, 0.05) is 20.1 Å². The Hall–Kier alpha value is -1.83. The number of benzene rings is 2. The molecule has 2 rings (SSSR count). The molecule has 0 amide bonds. The largest absolute Gasteiger partial charge is 0.508 e. The molecule has 0 aliphatic rings. The third-order valence-corrected chi connectivity index (χ3v) is 3.35. The molecule has 0 aliphatic carbocycles. The monoisotopic (exact) mass is 443 g/mol. The van der Waals surface area contributed by atoms with Gasteiger partial charge in [0.1, 0.15) is 11.6 Å². The second-order valence-electron chi connectivity index (χ2n) is 5.32. The van der Waals surface area contributed by atoms with E-state index in [0.717, 1.165) is 23.6 Å². The van der Waals surface area contributed by atoms with Crippen LogP contribution < -0.4 is 5.32 Å². The third-order valence-electron chi connectivity index (χ3n) is 3.35. The predicted molar refractivity (Wildman–Crippen MR) is 106 cm³/mol. The molecule has 24 heavy (non-hydrogen) atoms. The zero-order valence-electron chi connectivity index (χ0n) is 13.9. The summed E-state index contributed by atoms with van der Waals surface area (Å²) in [5.74, 6) is 0.767. The van der Waals surface area contributed by atoms with Crippen molar-refractivity contribution in [2.24, 2.45) is 4.99 Å². The van der Waals surface area contributed by atoms with Crippen LogP contribution in [0.15, 0.2) is 53.5 Å². The number of rotatable bonds is 5. The van der Waals surface area contributed by atoms with Gasteiger partial charge < -0.3 is 15.3 Å². The number of phenols is 1.